The number of H-pyrrole nitrogens is 1. The molecule has 25 heavy (non-hydrogen) atoms. The molecule has 1 heterocycles. The van der Waals surface area contributed by atoms with E-state index in [1.165, 1.54) is 0 Å². The minimum atomic E-state index is -0.508. The van der Waals surface area contributed by atoms with E-state index in [1.54, 1.807) is 18.1 Å². The molecular formula is C20H20N2O3. The summed E-state index contributed by atoms with van der Waals surface area (Å²) in [6, 6.07) is 17.1. The number of esters is 1. The van der Waals surface area contributed by atoms with Crippen LogP contribution in [0.15, 0.2) is 60.8 Å². The van der Waals surface area contributed by atoms with E-state index in [4.69, 9.17) is 4.74 Å². The van der Waals surface area contributed by atoms with Crippen molar-refractivity contribution in [1.29, 1.82) is 0 Å². The summed E-state index contributed by atoms with van der Waals surface area (Å²) in [6.45, 7) is 1.65. The van der Waals surface area contributed by atoms with Crippen molar-refractivity contribution in [2.75, 3.05) is 13.7 Å². The van der Waals surface area contributed by atoms with Crippen LogP contribution in [0.25, 0.3) is 10.9 Å². The highest BCUT2D eigenvalue weighted by molar-refractivity contribution is 6.04. The fourth-order valence-electron chi connectivity index (χ4n) is 2.72. The van der Waals surface area contributed by atoms with Gasteiger partial charge in [0.25, 0.3) is 5.91 Å². The van der Waals surface area contributed by atoms with Gasteiger partial charge in [0.2, 0.25) is 0 Å². The lowest BCUT2D eigenvalue weighted by atomic mass is 10.1. The van der Waals surface area contributed by atoms with E-state index in [-0.39, 0.29) is 18.6 Å². The van der Waals surface area contributed by atoms with Crippen molar-refractivity contribution >= 4 is 22.8 Å². The molecule has 1 N–H and O–H groups in total. The predicted molar refractivity (Wildman–Crippen MR) is 96.2 cm³/mol. The van der Waals surface area contributed by atoms with E-state index < -0.39 is 5.97 Å². The van der Waals surface area contributed by atoms with Gasteiger partial charge in [-0.15, -0.1) is 0 Å². The van der Waals surface area contributed by atoms with Gasteiger partial charge < -0.3 is 14.6 Å². The number of hydrogen-bond acceptors (Lipinski definition) is 3. The summed E-state index contributed by atoms with van der Waals surface area (Å²) in [7, 11) is 1.71. The molecule has 0 aliphatic heterocycles. The molecule has 2 aromatic carbocycles. The average molecular weight is 336 g/mol. The third-order valence-electron chi connectivity index (χ3n) is 4.39. The summed E-state index contributed by atoms with van der Waals surface area (Å²) in [4.78, 5) is 29.2. The van der Waals surface area contributed by atoms with E-state index >= 15 is 0 Å². The fourth-order valence-corrected chi connectivity index (χ4v) is 2.72. The predicted octanol–water partition coefficient (Wildman–Crippen LogP) is 3.54. The van der Waals surface area contributed by atoms with E-state index in [0.717, 1.165) is 16.5 Å². The Hall–Kier alpha value is -3.08. The normalized spacial score (nSPS) is 11.9. The maximum absolute atomic E-state index is 12.3. The van der Waals surface area contributed by atoms with Crippen molar-refractivity contribution < 1.29 is 14.3 Å². The number of nitrogens with one attached hydrogen (secondary N) is 1. The first-order chi connectivity index (χ1) is 12.1. The average Bonchev–Trinajstić information content (AvgIpc) is 3.09. The molecule has 0 fully saturated rings. The van der Waals surface area contributed by atoms with Crippen LogP contribution in [-0.4, -0.2) is 35.4 Å². The van der Waals surface area contributed by atoms with E-state index in [9.17, 15) is 9.59 Å². The SMILES string of the molecule is C[C@H](c1ccccc1)N(C)C(=O)COC(=O)c1c[nH]c2ccccc12. The molecule has 0 aliphatic carbocycles. The van der Waals surface area contributed by atoms with Crippen molar-refractivity contribution in [3.63, 3.8) is 0 Å². The number of aromatic amines is 1. The minimum absolute atomic E-state index is 0.0968. The van der Waals surface area contributed by atoms with Crippen LogP contribution in [0.3, 0.4) is 0 Å². The minimum Gasteiger partial charge on any atom is -0.452 e. The molecule has 0 radical (unpaired) electrons. The zero-order valence-corrected chi connectivity index (χ0v) is 14.2. The number of ether oxygens (including phenoxy) is 1. The molecule has 5 nitrogen and oxygen atoms in total. The second-order valence-corrected chi connectivity index (χ2v) is 5.92. The van der Waals surface area contributed by atoms with Gasteiger partial charge in [-0.25, -0.2) is 4.79 Å². The molecule has 0 unspecified atom stereocenters. The molecule has 1 aromatic heterocycles. The zero-order valence-electron chi connectivity index (χ0n) is 14.2. The standard InChI is InChI=1S/C20H20N2O3/c1-14(15-8-4-3-5-9-15)22(2)19(23)13-25-20(24)17-12-21-18-11-7-6-10-16(17)18/h3-12,14,21H,13H2,1-2H3/t14-/m1/s1. The number of carbonyl (C=O) groups excluding carboxylic acids is 2. The molecule has 3 aromatic rings. The van der Waals surface area contributed by atoms with Crippen molar-refractivity contribution in [3.8, 4) is 0 Å². The van der Waals surface area contributed by atoms with E-state index in [1.807, 2.05) is 61.5 Å². The first-order valence-corrected chi connectivity index (χ1v) is 8.12. The number of rotatable bonds is 5. The van der Waals surface area contributed by atoms with E-state index in [2.05, 4.69) is 4.98 Å². The largest absolute Gasteiger partial charge is 0.452 e. The number of nitrogens with zero attached hydrogens (tertiary/aromatic N) is 1. The highest BCUT2D eigenvalue weighted by Gasteiger charge is 2.20. The number of likely N-dealkylation sites (N-methyl/N-ethyl adjacent to an activating group) is 1. The number of fused-ring (bicyclic) bond motifs is 1. The van der Waals surface area contributed by atoms with Crippen LogP contribution < -0.4 is 0 Å². The molecule has 0 saturated heterocycles. The van der Waals surface area contributed by atoms with Gasteiger partial charge in [-0.05, 0) is 18.6 Å². The van der Waals surface area contributed by atoms with Gasteiger partial charge in [-0.1, -0.05) is 48.5 Å². The summed E-state index contributed by atoms with van der Waals surface area (Å²) < 4.78 is 5.21. The number of amides is 1. The fraction of sp³-hybridized carbons (Fsp3) is 0.200. The zero-order chi connectivity index (χ0) is 17.8. The molecule has 0 bridgehead atoms. The lowest BCUT2D eigenvalue weighted by Gasteiger charge is -2.25. The highest BCUT2D eigenvalue weighted by atomic mass is 16.5. The summed E-state index contributed by atoms with van der Waals surface area (Å²) >= 11 is 0. The number of carbonyl (C=O) groups is 2. The van der Waals surface area contributed by atoms with Crippen molar-refractivity contribution in [3.05, 3.63) is 71.9 Å². The molecule has 3 rings (SSSR count). The second kappa shape index (κ2) is 7.21. The summed E-state index contributed by atoms with van der Waals surface area (Å²) in [6.07, 6.45) is 1.60. The Kier molecular flexibility index (Phi) is 4.84. The third-order valence-corrected chi connectivity index (χ3v) is 4.39. The lowest BCUT2D eigenvalue weighted by Crippen LogP contribution is -2.33. The molecule has 1 amide bonds. The van der Waals surface area contributed by atoms with Crippen LogP contribution in [0, 0.1) is 0 Å². The van der Waals surface area contributed by atoms with Crippen LogP contribution in [0.5, 0.6) is 0 Å². The van der Waals surface area contributed by atoms with Gasteiger partial charge in [0, 0.05) is 24.1 Å². The molecule has 0 aliphatic rings. The van der Waals surface area contributed by atoms with Crippen LogP contribution in [0.1, 0.15) is 28.9 Å². The van der Waals surface area contributed by atoms with E-state index in [0.29, 0.717) is 5.56 Å². The maximum Gasteiger partial charge on any atom is 0.340 e. The lowest BCUT2D eigenvalue weighted by molar-refractivity contribution is -0.135. The molecule has 0 spiro atoms. The molecule has 1 atom stereocenters. The Morgan fingerprint density at radius 3 is 2.52 bits per heavy atom. The van der Waals surface area contributed by atoms with Gasteiger partial charge in [0.1, 0.15) is 0 Å². The smallest absolute Gasteiger partial charge is 0.340 e. The third kappa shape index (κ3) is 3.55. The first kappa shape index (κ1) is 16.8. The second-order valence-electron chi connectivity index (χ2n) is 5.92. The Morgan fingerprint density at radius 1 is 1.08 bits per heavy atom. The molecule has 128 valence electrons. The number of aromatic nitrogens is 1. The van der Waals surface area contributed by atoms with Crippen LogP contribution in [-0.2, 0) is 9.53 Å². The van der Waals surface area contributed by atoms with Crippen LogP contribution >= 0.6 is 0 Å². The maximum atomic E-state index is 12.3. The molecule has 5 heteroatoms. The summed E-state index contributed by atoms with van der Waals surface area (Å²) in [5, 5.41) is 0.783. The Morgan fingerprint density at radius 2 is 1.76 bits per heavy atom. The number of hydrogen-bond donors (Lipinski definition) is 1. The topological polar surface area (TPSA) is 62.4 Å². The van der Waals surface area contributed by atoms with Gasteiger partial charge in [0.15, 0.2) is 6.61 Å². The van der Waals surface area contributed by atoms with Crippen LogP contribution in [0.4, 0.5) is 0 Å². The van der Waals surface area contributed by atoms with Crippen molar-refractivity contribution in [2.24, 2.45) is 0 Å². The number of para-hydroxylation sites is 1. The van der Waals surface area contributed by atoms with Crippen molar-refractivity contribution in [1.82, 2.24) is 9.88 Å². The summed E-state index contributed by atoms with van der Waals surface area (Å²) in [5.74, 6) is -0.754. The van der Waals surface area contributed by atoms with Crippen molar-refractivity contribution in [2.45, 2.75) is 13.0 Å². The van der Waals surface area contributed by atoms with Crippen LogP contribution in [0.2, 0.25) is 0 Å². The first-order valence-electron chi connectivity index (χ1n) is 8.12. The quantitative estimate of drug-likeness (QED) is 0.725. The highest BCUT2D eigenvalue weighted by Crippen LogP contribution is 2.20. The molecular weight excluding hydrogens is 316 g/mol. The number of benzene rings is 2. The van der Waals surface area contributed by atoms with Gasteiger partial charge in [0.05, 0.1) is 11.6 Å². The summed E-state index contributed by atoms with van der Waals surface area (Å²) in [5.41, 5.74) is 2.32. The Balaban J connectivity index is 1.62. The van der Waals surface area contributed by atoms with Gasteiger partial charge in [-0.2, -0.15) is 0 Å². The Bertz CT molecular complexity index is 886. The molecule has 0 saturated carbocycles. The van der Waals surface area contributed by atoms with Gasteiger partial charge in [-0.3, -0.25) is 4.79 Å². The Labute approximate surface area is 146 Å². The monoisotopic (exact) mass is 336 g/mol. The van der Waals surface area contributed by atoms with Gasteiger partial charge >= 0.3 is 5.97 Å².